The van der Waals surface area contributed by atoms with Gasteiger partial charge < -0.3 is 10.6 Å². The Morgan fingerprint density at radius 1 is 0.615 bits per heavy atom. The molecule has 0 aromatic heterocycles. The lowest BCUT2D eigenvalue weighted by Gasteiger charge is -2.06. The number of rotatable bonds is 9. The molecule has 6 heteroatoms. The number of amides is 2. The first-order chi connectivity index (χ1) is 12.7. The van der Waals surface area contributed by atoms with Gasteiger partial charge in [-0.25, -0.2) is 0 Å². The van der Waals surface area contributed by atoms with E-state index in [0.29, 0.717) is 13.1 Å². The largest absolute Gasteiger partial charge is 0.347 e. The van der Waals surface area contributed by atoms with Gasteiger partial charge in [0.2, 0.25) is 0 Å². The van der Waals surface area contributed by atoms with E-state index in [4.69, 9.17) is 0 Å². The van der Waals surface area contributed by atoms with Crippen molar-refractivity contribution in [3.63, 3.8) is 0 Å². The summed E-state index contributed by atoms with van der Waals surface area (Å²) < 4.78 is 0. The average Bonchev–Trinajstić information content (AvgIpc) is 2.65. The molecule has 0 unspecified atom stereocenters. The molecule has 0 aliphatic heterocycles. The van der Waals surface area contributed by atoms with Crippen LogP contribution in [0.3, 0.4) is 0 Å². The van der Waals surface area contributed by atoms with Gasteiger partial charge in [-0.2, -0.15) is 0 Å². The quantitative estimate of drug-likeness (QED) is 0.437. The third-order valence-electron chi connectivity index (χ3n) is 3.55. The van der Waals surface area contributed by atoms with Crippen molar-refractivity contribution < 1.29 is 9.59 Å². The van der Waals surface area contributed by atoms with E-state index >= 15 is 0 Å². The smallest absolute Gasteiger partial charge is 0.283 e. The molecule has 138 valence electrons. The number of unbranched alkanes of at least 4 members (excludes halogenated alkanes) is 3. The van der Waals surface area contributed by atoms with Gasteiger partial charge in [0.15, 0.2) is 0 Å². The summed E-state index contributed by atoms with van der Waals surface area (Å²) in [4.78, 5) is 25.5. The van der Waals surface area contributed by atoms with Crippen molar-refractivity contribution >= 4 is 34.0 Å². The topological polar surface area (TPSA) is 58.2 Å². The fourth-order valence-electron chi connectivity index (χ4n) is 2.25. The van der Waals surface area contributed by atoms with Gasteiger partial charge in [0.25, 0.3) is 10.5 Å². The summed E-state index contributed by atoms with van der Waals surface area (Å²) in [6.07, 6.45) is 3.98. The molecule has 0 spiro atoms. The van der Waals surface area contributed by atoms with E-state index in [-0.39, 0.29) is 10.5 Å². The minimum absolute atomic E-state index is 0.0126. The van der Waals surface area contributed by atoms with Crippen LogP contribution >= 0.6 is 23.5 Å². The van der Waals surface area contributed by atoms with Gasteiger partial charge in [-0.05, 0) is 60.6 Å². The molecule has 0 fully saturated rings. The van der Waals surface area contributed by atoms with Crippen LogP contribution in [-0.2, 0) is 0 Å². The maximum absolute atomic E-state index is 11.8. The molecule has 26 heavy (non-hydrogen) atoms. The highest BCUT2D eigenvalue weighted by molar-refractivity contribution is 8.13. The van der Waals surface area contributed by atoms with Crippen LogP contribution in [-0.4, -0.2) is 23.6 Å². The molecule has 0 saturated heterocycles. The number of thioether (sulfide) groups is 2. The van der Waals surface area contributed by atoms with Crippen LogP contribution in [0.5, 0.6) is 0 Å². The molecule has 0 atom stereocenters. The first-order valence-electron chi connectivity index (χ1n) is 8.75. The molecule has 0 radical (unpaired) electrons. The SMILES string of the molecule is O=C(NCCCCCCNC(=O)Sc1ccccc1)Sc1ccccc1. The second-order valence-electron chi connectivity index (χ2n) is 5.67. The first-order valence-corrected chi connectivity index (χ1v) is 10.4. The molecular formula is C20H24N2O2S2. The van der Waals surface area contributed by atoms with Crippen molar-refractivity contribution in [2.24, 2.45) is 0 Å². The molecule has 2 aromatic rings. The van der Waals surface area contributed by atoms with Crippen LogP contribution in [0.2, 0.25) is 0 Å². The van der Waals surface area contributed by atoms with Crippen LogP contribution < -0.4 is 10.6 Å². The number of hydrogen-bond donors (Lipinski definition) is 2. The lowest BCUT2D eigenvalue weighted by atomic mass is 10.2. The minimum atomic E-state index is -0.0126. The Hall–Kier alpha value is -1.92. The van der Waals surface area contributed by atoms with Crippen LogP contribution in [0.25, 0.3) is 0 Å². The van der Waals surface area contributed by atoms with E-state index in [0.717, 1.165) is 35.5 Å². The zero-order valence-electron chi connectivity index (χ0n) is 14.6. The van der Waals surface area contributed by atoms with Crippen molar-refractivity contribution in [2.45, 2.75) is 35.5 Å². The highest BCUT2D eigenvalue weighted by Crippen LogP contribution is 2.18. The Labute approximate surface area is 163 Å². The van der Waals surface area contributed by atoms with E-state index in [1.807, 2.05) is 60.7 Å². The summed E-state index contributed by atoms with van der Waals surface area (Å²) in [7, 11) is 0. The van der Waals surface area contributed by atoms with Crippen LogP contribution in [0, 0.1) is 0 Å². The molecule has 2 rings (SSSR count). The Morgan fingerprint density at radius 3 is 1.38 bits per heavy atom. The zero-order chi connectivity index (χ0) is 18.5. The van der Waals surface area contributed by atoms with Crippen LogP contribution in [0.15, 0.2) is 70.5 Å². The lowest BCUT2D eigenvalue weighted by Crippen LogP contribution is -2.20. The number of hydrogen-bond acceptors (Lipinski definition) is 4. The second kappa shape index (κ2) is 12.4. The van der Waals surface area contributed by atoms with Gasteiger partial charge in [0.1, 0.15) is 0 Å². The average molecular weight is 389 g/mol. The van der Waals surface area contributed by atoms with Gasteiger partial charge in [-0.3, -0.25) is 9.59 Å². The predicted octanol–water partition coefficient (Wildman–Crippen LogP) is 5.55. The maximum Gasteiger partial charge on any atom is 0.283 e. The molecule has 2 N–H and O–H groups in total. The minimum Gasteiger partial charge on any atom is -0.347 e. The molecule has 0 bridgehead atoms. The summed E-state index contributed by atoms with van der Waals surface area (Å²) in [5, 5.41) is 5.81. The first kappa shape index (κ1) is 20.4. The van der Waals surface area contributed by atoms with Crippen molar-refractivity contribution in [2.75, 3.05) is 13.1 Å². The van der Waals surface area contributed by atoms with Gasteiger partial charge in [-0.15, -0.1) is 0 Å². The highest BCUT2D eigenvalue weighted by atomic mass is 32.2. The monoisotopic (exact) mass is 388 g/mol. The highest BCUT2D eigenvalue weighted by Gasteiger charge is 2.04. The Morgan fingerprint density at radius 2 is 1.00 bits per heavy atom. The van der Waals surface area contributed by atoms with Crippen molar-refractivity contribution in [3.05, 3.63) is 60.7 Å². The summed E-state index contributed by atoms with van der Waals surface area (Å²) >= 11 is 2.44. The third-order valence-corrected chi connectivity index (χ3v) is 5.22. The molecule has 0 saturated carbocycles. The fraction of sp³-hybridized carbons (Fsp3) is 0.300. The molecule has 0 aliphatic carbocycles. The molecule has 0 aliphatic rings. The van der Waals surface area contributed by atoms with Crippen molar-refractivity contribution in [1.82, 2.24) is 10.6 Å². The predicted molar refractivity (Wildman–Crippen MR) is 110 cm³/mol. The number of benzene rings is 2. The maximum atomic E-state index is 11.8. The third kappa shape index (κ3) is 8.97. The van der Waals surface area contributed by atoms with Gasteiger partial charge in [-0.1, -0.05) is 49.2 Å². The fourth-order valence-corrected chi connectivity index (χ4v) is 3.61. The van der Waals surface area contributed by atoms with E-state index < -0.39 is 0 Å². The van der Waals surface area contributed by atoms with Crippen molar-refractivity contribution in [1.29, 1.82) is 0 Å². The second-order valence-corrected chi connectivity index (χ2v) is 7.77. The Kier molecular flexibility index (Phi) is 9.75. The molecule has 4 nitrogen and oxygen atoms in total. The van der Waals surface area contributed by atoms with Gasteiger partial charge >= 0.3 is 0 Å². The summed E-state index contributed by atoms with van der Waals surface area (Å²) in [5.41, 5.74) is 0. The summed E-state index contributed by atoms with van der Waals surface area (Å²) in [5.74, 6) is 0. The molecule has 0 heterocycles. The summed E-state index contributed by atoms with van der Waals surface area (Å²) in [6, 6.07) is 19.3. The van der Waals surface area contributed by atoms with E-state index in [1.54, 1.807) is 0 Å². The number of nitrogens with one attached hydrogen (secondary N) is 2. The normalized spacial score (nSPS) is 10.3. The Bertz CT molecular complexity index is 607. The number of carbonyl (C=O) groups excluding carboxylic acids is 2. The standard InChI is InChI=1S/C20H24N2O2S2/c23-19(25-17-11-5-3-6-12-17)21-15-9-1-2-10-16-22-20(24)26-18-13-7-4-8-14-18/h3-8,11-14H,1-2,9-10,15-16H2,(H,21,23)(H,22,24). The van der Waals surface area contributed by atoms with Crippen molar-refractivity contribution in [3.8, 4) is 0 Å². The molecular weight excluding hydrogens is 364 g/mol. The van der Waals surface area contributed by atoms with E-state index in [9.17, 15) is 9.59 Å². The van der Waals surface area contributed by atoms with Crippen LogP contribution in [0.4, 0.5) is 9.59 Å². The van der Waals surface area contributed by atoms with E-state index in [1.165, 1.54) is 23.5 Å². The zero-order valence-corrected chi connectivity index (χ0v) is 16.3. The Balaban J connectivity index is 1.43. The van der Waals surface area contributed by atoms with Crippen LogP contribution in [0.1, 0.15) is 25.7 Å². The summed E-state index contributed by atoms with van der Waals surface area (Å²) in [6.45, 7) is 1.38. The van der Waals surface area contributed by atoms with Gasteiger partial charge in [0, 0.05) is 22.9 Å². The molecule has 2 amide bonds. The molecule has 2 aromatic carbocycles. The van der Waals surface area contributed by atoms with Gasteiger partial charge in [0.05, 0.1) is 0 Å². The van der Waals surface area contributed by atoms with E-state index in [2.05, 4.69) is 10.6 Å². The number of carbonyl (C=O) groups is 2. The lowest BCUT2D eigenvalue weighted by molar-refractivity contribution is 0.259.